The van der Waals surface area contributed by atoms with Gasteiger partial charge in [0.25, 0.3) is 0 Å². The monoisotopic (exact) mass is 516 g/mol. The van der Waals surface area contributed by atoms with Gasteiger partial charge >= 0.3 is 5.97 Å². The van der Waals surface area contributed by atoms with Crippen LogP contribution in [0.25, 0.3) is 11.2 Å². The molecule has 1 aliphatic rings. The number of rotatable bonds is 5. The number of nitrogen functional groups attached to an aromatic ring is 1. The van der Waals surface area contributed by atoms with Gasteiger partial charge in [-0.25, -0.2) is 4.98 Å². The first kappa shape index (κ1) is 32.0. The van der Waals surface area contributed by atoms with Gasteiger partial charge in [-0.1, -0.05) is 46.5 Å². The number of carbonyl (C=O) groups excluding carboxylic acids is 1. The number of anilines is 1. The molecule has 1 aliphatic heterocycles. The third kappa shape index (κ3) is 10.1. The first-order valence-corrected chi connectivity index (χ1v) is 12.1. The van der Waals surface area contributed by atoms with Crippen molar-refractivity contribution in [3.05, 3.63) is 11.6 Å². The summed E-state index contributed by atoms with van der Waals surface area (Å²) in [7, 11) is 2.18. The van der Waals surface area contributed by atoms with Crippen LogP contribution >= 0.6 is 21.1 Å². The Morgan fingerprint density at radius 1 is 1.35 bits per heavy atom. The Kier molecular flexibility index (Phi) is 16.4. The smallest absolute Gasteiger partial charge is 0.319 e. The van der Waals surface area contributed by atoms with Crippen LogP contribution in [-0.4, -0.2) is 50.8 Å². The van der Waals surface area contributed by atoms with E-state index < -0.39 is 5.60 Å². The average molecular weight is 517 g/mol. The summed E-state index contributed by atoms with van der Waals surface area (Å²) in [5.74, 6) is 2.55. The fourth-order valence-electron chi connectivity index (χ4n) is 2.66. The Labute approximate surface area is 209 Å². The molecule has 3 rings (SSSR count). The number of hydrogen-bond donors (Lipinski definition) is 2. The number of hydrogen-bond acceptors (Lipinski definition) is 9. The summed E-state index contributed by atoms with van der Waals surface area (Å²) < 4.78 is 17.2. The minimum atomic E-state index is -0.745. The summed E-state index contributed by atoms with van der Waals surface area (Å²) >= 11 is 5.85. The van der Waals surface area contributed by atoms with Gasteiger partial charge in [-0.3, -0.25) is 9.36 Å². The summed E-state index contributed by atoms with van der Waals surface area (Å²) in [5.41, 5.74) is 10.9. The zero-order valence-corrected chi connectivity index (χ0v) is 22.6. The SMILES string of the molecule is C#CC1(COP)CCC(n2cnc3c(N)nc(Cl)nc32)O1.CCC.CCC.CCOC(=O)CN. The molecule has 10 nitrogen and oxygen atoms in total. The number of nitrogens with two attached hydrogens (primary N) is 2. The van der Waals surface area contributed by atoms with Crippen LogP contribution in [0.3, 0.4) is 0 Å². The van der Waals surface area contributed by atoms with Gasteiger partial charge < -0.3 is 25.5 Å². The molecule has 0 radical (unpaired) electrons. The molecule has 3 unspecified atom stereocenters. The highest BCUT2D eigenvalue weighted by atomic mass is 35.5. The van der Waals surface area contributed by atoms with E-state index in [1.165, 1.54) is 12.8 Å². The second kappa shape index (κ2) is 17.4. The minimum Gasteiger partial charge on any atom is -0.465 e. The average Bonchev–Trinajstić information content (AvgIpc) is 3.40. The van der Waals surface area contributed by atoms with E-state index in [1.54, 1.807) is 17.8 Å². The van der Waals surface area contributed by atoms with E-state index in [0.717, 1.165) is 0 Å². The lowest BCUT2D eigenvalue weighted by Gasteiger charge is -2.23. The molecule has 34 heavy (non-hydrogen) atoms. The maximum absolute atomic E-state index is 10.1. The molecule has 2 aromatic heterocycles. The Morgan fingerprint density at radius 3 is 2.44 bits per heavy atom. The van der Waals surface area contributed by atoms with Crippen molar-refractivity contribution in [2.24, 2.45) is 5.73 Å². The van der Waals surface area contributed by atoms with Crippen molar-refractivity contribution in [2.75, 3.05) is 25.5 Å². The van der Waals surface area contributed by atoms with Crippen molar-refractivity contribution in [3.63, 3.8) is 0 Å². The van der Waals surface area contributed by atoms with Crippen LogP contribution in [0.4, 0.5) is 5.82 Å². The third-order valence-electron chi connectivity index (χ3n) is 3.94. The number of imidazole rings is 1. The van der Waals surface area contributed by atoms with E-state index in [2.05, 4.69) is 62.8 Å². The molecule has 0 aromatic carbocycles. The van der Waals surface area contributed by atoms with Crippen LogP contribution in [0, 0.1) is 12.3 Å². The van der Waals surface area contributed by atoms with Crippen molar-refractivity contribution in [3.8, 4) is 12.3 Å². The number of aromatic nitrogens is 4. The lowest BCUT2D eigenvalue weighted by atomic mass is 10.0. The Hall–Kier alpha value is -2.02. The maximum Gasteiger partial charge on any atom is 0.319 e. The van der Waals surface area contributed by atoms with Crippen molar-refractivity contribution < 1.29 is 18.8 Å². The van der Waals surface area contributed by atoms with Gasteiger partial charge in [0.15, 0.2) is 17.1 Å². The van der Waals surface area contributed by atoms with E-state index in [0.29, 0.717) is 37.2 Å². The van der Waals surface area contributed by atoms with E-state index in [-0.39, 0.29) is 29.8 Å². The molecule has 0 bridgehead atoms. The highest BCUT2D eigenvalue weighted by Gasteiger charge is 2.40. The maximum atomic E-state index is 10.1. The van der Waals surface area contributed by atoms with E-state index in [1.807, 2.05) is 0 Å². The van der Waals surface area contributed by atoms with Gasteiger partial charge in [0.2, 0.25) is 5.28 Å². The Morgan fingerprint density at radius 2 is 1.97 bits per heavy atom. The van der Waals surface area contributed by atoms with Crippen LogP contribution in [-0.2, 0) is 18.8 Å². The Bertz CT molecular complexity index is 905. The molecule has 1 saturated heterocycles. The number of terminal acetylenes is 1. The van der Waals surface area contributed by atoms with Gasteiger partial charge in [-0.2, -0.15) is 9.97 Å². The predicted octanol–water partition coefficient (Wildman–Crippen LogP) is 3.89. The number of fused-ring (bicyclic) bond motifs is 1. The summed E-state index contributed by atoms with van der Waals surface area (Å²) in [5, 5.41) is 0.0660. The molecule has 192 valence electrons. The molecular weight excluding hydrogens is 479 g/mol. The van der Waals surface area contributed by atoms with Gasteiger partial charge in [0.1, 0.15) is 11.7 Å². The second-order valence-corrected chi connectivity index (χ2v) is 7.86. The molecule has 2 aromatic rings. The molecule has 3 heterocycles. The van der Waals surface area contributed by atoms with Gasteiger partial charge in [-0.05, 0) is 31.4 Å². The molecule has 12 heteroatoms. The zero-order chi connectivity index (χ0) is 26.1. The molecule has 1 fully saturated rings. The number of esters is 1. The third-order valence-corrected chi connectivity index (χ3v) is 4.28. The molecule has 0 amide bonds. The predicted molar refractivity (Wildman–Crippen MR) is 139 cm³/mol. The molecule has 3 atom stereocenters. The molecular formula is C22H38ClN6O4P. The topological polar surface area (TPSA) is 140 Å². The summed E-state index contributed by atoms with van der Waals surface area (Å²) in [6.45, 7) is 10.9. The van der Waals surface area contributed by atoms with Crippen LogP contribution in [0.15, 0.2) is 6.33 Å². The van der Waals surface area contributed by atoms with Crippen LogP contribution in [0.1, 0.15) is 66.5 Å². The van der Waals surface area contributed by atoms with Crippen molar-refractivity contribution >= 4 is 44.0 Å². The number of ether oxygens (including phenoxy) is 2. The van der Waals surface area contributed by atoms with Crippen LogP contribution in [0.5, 0.6) is 0 Å². The van der Waals surface area contributed by atoms with Crippen LogP contribution in [0.2, 0.25) is 5.28 Å². The molecule has 0 saturated carbocycles. The summed E-state index contributed by atoms with van der Waals surface area (Å²) in [6.07, 6.45) is 10.8. The second-order valence-electron chi connectivity index (χ2n) is 7.19. The number of carbonyl (C=O) groups is 1. The van der Waals surface area contributed by atoms with Crippen molar-refractivity contribution in [2.45, 2.75) is 72.1 Å². The van der Waals surface area contributed by atoms with E-state index in [4.69, 9.17) is 38.8 Å². The largest absolute Gasteiger partial charge is 0.465 e. The normalized spacial score (nSPS) is 18.4. The van der Waals surface area contributed by atoms with E-state index >= 15 is 0 Å². The van der Waals surface area contributed by atoms with E-state index in [9.17, 15) is 4.79 Å². The molecule has 0 aliphatic carbocycles. The first-order valence-electron chi connectivity index (χ1n) is 11.2. The number of nitrogens with zero attached hydrogens (tertiary/aromatic N) is 4. The quantitative estimate of drug-likeness (QED) is 0.262. The lowest BCUT2D eigenvalue weighted by molar-refractivity contribution is -0.141. The number of halogens is 1. The first-order chi connectivity index (χ1) is 16.2. The Balaban J connectivity index is 0.000000700. The fourth-order valence-corrected chi connectivity index (χ4v) is 3.10. The zero-order valence-electron chi connectivity index (χ0n) is 20.7. The molecule has 4 N–H and O–H groups in total. The van der Waals surface area contributed by atoms with Crippen LogP contribution < -0.4 is 11.5 Å². The standard InChI is InChI=1S/C12H13ClN5O2P.C4H9NO2.2C3H8/c1-2-12(5-19-21)4-3-7(20-12)18-6-15-8-9(14)16-11(13)17-10(8)18;1-2-7-4(6)3-5;2*1-3-2/h1,6-7H,3-5,21H2,(H2,14,16,17);2-3,5H2,1H3;2*3H2,1-2H3. The fraction of sp³-hybridized carbons (Fsp3) is 0.636. The highest BCUT2D eigenvalue weighted by Crippen LogP contribution is 2.38. The van der Waals surface area contributed by atoms with Gasteiger partial charge in [-0.15, -0.1) is 6.42 Å². The summed E-state index contributed by atoms with van der Waals surface area (Å²) in [4.78, 5) is 22.3. The lowest BCUT2D eigenvalue weighted by Crippen LogP contribution is -2.31. The molecule has 0 spiro atoms. The van der Waals surface area contributed by atoms with Crippen molar-refractivity contribution in [1.29, 1.82) is 0 Å². The van der Waals surface area contributed by atoms with Gasteiger partial charge in [0.05, 0.1) is 26.1 Å². The van der Waals surface area contributed by atoms with Gasteiger partial charge in [0, 0.05) is 9.47 Å². The highest BCUT2D eigenvalue weighted by molar-refractivity contribution is 7.09. The van der Waals surface area contributed by atoms with Crippen molar-refractivity contribution in [1.82, 2.24) is 19.5 Å². The summed E-state index contributed by atoms with van der Waals surface area (Å²) in [6, 6.07) is 0. The minimum absolute atomic E-state index is 0.0200.